The van der Waals surface area contributed by atoms with Gasteiger partial charge in [-0.25, -0.2) is 9.97 Å². The van der Waals surface area contributed by atoms with E-state index in [2.05, 4.69) is 15.3 Å². The van der Waals surface area contributed by atoms with Crippen LogP contribution in [0.25, 0.3) is 0 Å². The fraction of sp³-hybridized carbons (Fsp3) is 0.600. The van der Waals surface area contributed by atoms with E-state index in [1.165, 1.54) is 12.7 Å². The first-order valence-electron chi connectivity index (χ1n) is 5.51. The molecule has 1 aromatic heterocycles. The molecule has 0 amide bonds. The van der Waals surface area contributed by atoms with Gasteiger partial charge in [-0.1, -0.05) is 18.0 Å². The summed E-state index contributed by atoms with van der Waals surface area (Å²) in [7, 11) is 0. The fourth-order valence-corrected chi connectivity index (χ4v) is 2.10. The number of nitro groups is 1. The first kappa shape index (κ1) is 12.0. The zero-order valence-corrected chi connectivity index (χ0v) is 10.1. The molecule has 0 aromatic carbocycles. The van der Waals surface area contributed by atoms with Gasteiger partial charge in [0, 0.05) is 6.04 Å². The van der Waals surface area contributed by atoms with Crippen LogP contribution in [-0.4, -0.2) is 20.9 Å². The number of rotatable bonds is 4. The lowest BCUT2D eigenvalue weighted by Gasteiger charge is -2.31. The van der Waals surface area contributed by atoms with Gasteiger partial charge >= 0.3 is 5.69 Å². The van der Waals surface area contributed by atoms with Gasteiger partial charge in [-0.2, -0.15) is 0 Å². The minimum atomic E-state index is -0.557. The van der Waals surface area contributed by atoms with Gasteiger partial charge in [-0.3, -0.25) is 10.1 Å². The van der Waals surface area contributed by atoms with Crippen LogP contribution in [0.4, 0.5) is 11.5 Å². The van der Waals surface area contributed by atoms with E-state index in [9.17, 15) is 10.1 Å². The minimum absolute atomic E-state index is 0.131. The molecule has 0 aliphatic heterocycles. The maximum absolute atomic E-state index is 10.9. The largest absolute Gasteiger partial charge is 0.361 e. The number of halogens is 1. The van der Waals surface area contributed by atoms with Crippen LogP contribution in [0.1, 0.15) is 26.2 Å². The third-order valence-corrected chi connectivity index (χ3v) is 3.46. The Balaban J connectivity index is 2.19. The van der Waals surface area contributed by atoms with E-state index in [0.29, 0.717) is 5.92 Å². The molecule has 1 aromatic rings. The van der Waals surface area contributed by atoms with Crippen molar-refractivity contribution in [3.8, 4) is 0 Å². The van der Waals surface area contributed by atoms with Crippen LogP contribution >= 0.6 is 11.6 Å². The van der Waals surface area contributed by atoms with Gasteiger partial charge in [0.1, 0.15) is 6.33 Å². The highest BCUT2D eigenvalue weighted by molar-refractivity contribution is 6.31. The Kier molecular flexibility index (Phi) is 3.42. The number of anilines is 1. The number of nitrogens with one attached hydrogen (secondary N) is 1. The van der Waals surface area contributed by atoms with Gasteiger partial charge < -0.3 is 5.32 Å². The minimum Gasteiger partial charge on any atom is -0.361 e. The van der Waals surface area contributed by atoms with Crippen molar-refractivity contribution in [2.45, 2.75) is 32.2 Å². The second-order valence-corrected chi connectivity index (χ2v) is 4.60. The summed E-state index contributed by atoms with van der Waals surface area (Å²) in [5.41, 5.74) is -0.250. The molecule has 1 aliphatic carbocycles. The molecule has 1 fully saturated rings. The molecule has 0 spiro atoms. The maximum Gasteiger partial charge on any atom is 0.348 e. The predicted molar refractivity (Wildman–Crippen MR) is 64.1 cm³/mol. The van der Waals surface area contributed by atoms with Crippen molar-refractivity contribution < 1.29 is 4.92 Å². The van der Waals surface area contributed by atoms with Crippen molar-refractivity contribution in [3.63, 3.8) is 0 Å². The van der Waals surface area contributed by atoms with Gasteiger partial charge in [0.15, 0.2) is 0 Å². The van der Waals surface area contributed by atoms with Crippen LogP contribution < -0.4 is 5.32 Å². The molecule has 2 rings (SSSR count). The second-order valence-electron chi connectivity index (χ2n) is 4.24. The van der Waals surface area contributed by atoms with Crippen molar-refractivity contribution >= 4 is 23.1 Å². The van der Waals surface area contributed by atoms with Crippen molar-refractivity contribution in [1.29, 1.82) is 0 Å². The van der Waals surface area contributed by atoms with Gasteiger partial charge in [0.25, 0.3) is 0 Å². The third kappa shape index (κ3) is 2.46. The van der Waals surface area contributed by atoms with E-state index in [-0.39, 0.29) is 22.7 Å². The maximum atomic E-state index is 10.9. The Morgan fingerprint density at radius 3 is 2.82 bits per heavy atom. The fourth-order valence-electron chi connectivity index (χ4n) is 1.90. The number of hydrogen-bond acceptors (Lipinski definition) is 5. The molecule has 0 saturated heterocycles. The summed E-state index contributed by atoms with van der Waals surface area (Å²) in [4.78, 5) is 17.8. The molecule has 6 nitrogen and oxygen atoms in total. The van der Waals surface area contributed by atoms with E-state index >= 15 is 0 Å². The molecule has 1 saturated carbocycles. The average Bonchev–Trinajstić information content (AvgIpc) is 2.13. The van der Waals surface area contributed by atoms with E-state index in [1.807, 2.05) is 6.92 Å². The van der Waals surface area contributed by atoms with Crippen LogP contribution in [0.15, 0.2) is 6.33 Å². The molecule has 1 N–H and O–H groups in total. The Hall–Kier alpha value is -1.43. The van der Waals surface area contributed by atoms with Gasteiger partial charge in [0.2, 0.25) is 11.0 Å². The Morgan fingerprint density at radius 2 is 2.29 bits per heavy atom. The molecule has 1 aliphatic rings. The predicted octanol–water partition coefficient (Wildman–Crippen LogP) is 2.64. The molecule has 17 heavy (non-hydrogen) atoms. The number of hydrogen-bond donors (Lipinski definition) is 1. The molecule has 7 heteroatoms. The second kappa shape index (κ2) is 4.83. The van der Waals surface area contributed by atoms with Crippen molar-refractivity contribution in [1.82, 2.24) is 9.97 Å². The van der Waals surface area contributed by atoms with Crippen LogP contribution in [-0.2, 0) is 0 Å². The van der Waals surface area contributed by atoms with Gasteiger partial charge in [-0.15, -0.1) is 0 Å². The molecule has 0 bridgehead atoms. The smallest absolute Gasteiger partial charge is 0.348 e. The highest BCUT2D eigenvalue weighted by Crippen LogP contribution is 2.34. The molecule has 92 valence electrons. The lowest BCUT2D eigenvalue weighted by Crippen LogP contribution is -2.31. The monoisotopic (exact) mass is 256 g/mol. The van der Waals surface area contributed by atoms with Crippen molar-refractivity contribution in [2.24, 2.45) is 5.92 Å². The normalized spacial score (nSPS) is 17.3. The molecule has 1 heterocycles. The summed E-state index contributed by atoms with van der Waals surface area (Å²) in [6.45, 7) is 2.00. The third-order valence-electron chi connectivity index (χ3n) is 3.18. The SMILES string of the molecule is CC(Nc1ncnc(Cl)c1[N+](=O)[O-])C1CCC1. The van der Waals surface area contributed by atoms with Gasteiger partial charge in [0.05, 0.1) is 4.92 Å². The first-order valence-corrected chi connectivity index (χ1v) is 5.89. The van der Waals surface area contributed by atoms with Crippen LogP contribution in [0, 0.1) is 16.0 Å². The number of nitrogens with zero attached hydrogens (tertiary/aromatic N) is 3. The van der Waals surface area contributed by atoms with E-state index < -0.39 is 4.92 Å². The molecular formula is C10H13ClN4O2. The number of aromatic nitrogens is 2. The molecule has 1 atom stereocenters. The molecular weight excluding hydrogens is 244 g/mol. The van der Waals surface area contributed by atoms with Crippen LogP contribution in [0.3, 0.4) is 0 Å². The quantitative estimate of drug-likeness (QED) is 0.509. The van der Waals surface area contributed by atoms with E-state index in [4.69, 9.17) is 11.6 Å². The van der Waals surface area contributed by atoms with Crippen molar-refractivity contribution in [3.05, 3.63) is 21.6 Å². The van der Waals surface area contributed by atoms with E-state index in [0.717, 1.165) is 12.8 Å². The summed E-state index contributed by atoms with van der Waals surface area (Å²) >= 11 is 5.70. The highest BCUT2D eigenvalue weighted by atomic mass is 35.5. The zero-order chi connectivity index (χ0) is 12.4. The standard InChI is InChI=1S/C10H13ClN4O2/c1-6(7-3-2-4-7)14-10-8(15(16)17)9(11)12-5-13-10/h5-7H,2-4H2,1H3,(H,12,13,14). The Bertz CT molecular complexity index is 436. The molecule has 1 unspecified atom stereocenters. The van der Waals surface area contributed by atoms with Gasteiger partial charge in [-0.05, 0) is 25.7 Å². The van der Waals surface area contributed by atoms with E-state index in [1.54, 1.807) is 0 Å². The van der Waals surface area contributed by atoms with Crippen molar-refractivity contribution in [2.75, 3.05) is 5.32 Å². The Morgan fingerprint density at radius 1 is 1.59 bits per heavy atom. The summed E-state index contributed by atoms with van der Waals surface area (Å²) in [6, 6.07) is 0.161. The highest BCUT2D eigenvalue weighted by Gasteiger charge is 2.28. The summed E-state index contributed by atoms with van der Waals surface area (Å²) in [6.07, 6.45) is 4.76. The Labute approximate surface area is 104 Å². The van der Waals surface area contributed by atoms with Crippen LogP contribution in [0.5, 0.6) is 0 Å². The lowest BCUT2D eigenvalue weighted by atomic mass is 9.80. The molecule has 0 radical (unpaired) electrons. The summed E-state index contributed by atoms with van der Waals surface area (Å²) in [5.74, 6) is 0.762. The topological polar surface area (TPSA) is 81.0 Å². The summed E-state index contributed by atoms with van der Waals surface area (Å²) < 4.78 is 0. The first-order chi connectivity index (χ1) is 8.09. The average molecular weight is 257 g/mol. The zero-order valence-electron chi connectivity index (χ0n) is 9.39. The lowest BCUT2D eigenvalue weighted by molar-refractivity contribution is -0.384. The van der Waals surface area contributed by atoms with Crippen LogP contribution in [0.2, 0.25) is 5.15 Å². The summed E-state index contributed by atoms with van der Waals surface area (Å²) in [5, 5.41) is 13.8.